The molecule has 118 valence electrons. The van der Waals surface area contributed by atoms with Gasteiger partial charge in [-0.25, -0.2) is 0 Å². The summed E-state index contributed by atoms with van der Waals surface area (Å²) >= 11 is 0. The Morgan fingerprint density at radius 3 is 2.29 bits per heavy atom. The maximum atomic E-state index is 13.0. The topological polar surface area (TPSA) is 55.6 Å². The second kappa shape index (κ2) is 5.54. The number of carbonyl (C=O) groups excluding carboxylic acids is 1. The van der Waals surface area contributed by atoms with Crippen LogP contribution in [0.2, 0.25) is 0 Å². The van der Waals surface area contributed by atoms with E-state index in [1.54, 1.807) is 0 Å². The molecule has 3 aliphatic heterocycles. The van der Waals surface area contributed by atoms with E-state index < -0.39 is 0 Å². The van der Waals surface area contributed by atoms with Gasteiger partial charge in [-0.3, -0.25) is 4.79 Å². The molecule has 3 saturated heterocycles. The van der Waals surface area contributed by atoms with Crippen molar-refractivity contribution in [3.05, 3.63) is 0 Å². The summed E-state index contributed by atoms with van der Waals surface area (Å²) < 4.78 is 5.40. The monoisotopic (exact) mass is 292 g/mol. The molecule has 3 unspecified atom stereocenters. The van der Waals surface area contributed by atoms with Crippen molar-refractivity contribution in [3.8, 4) is 0 Å². The van der Waals surface area contributed by atoms with E-state index in [2.05, 4.69) is 4.90 Å². The fourth-order valence-corrected chi connectivity index (χ4v) is 5.52. The average molecular weight is 292 g/mol. The Bertz CT molecular complexity index is 394. The van der Waals surface area contributed by atoms with Gasteiger partial charge in [0.1, 0.15) is 0 Å². The van der Waals surface area contributed by atoms with Crippen LogP contribution in [0.1, 0.15) is 44.9 Å². The fraction of sp³-hybridized carbons (Fsp3) is 0.941. The smallest absolute Gasteiger partial charge is 0.240 e. The first-order valence-corrected chi connectivity index (χ1v) is 8.84. The molecule has 3 atom stereocenters. The number of fused-ring (bicyclic) bond motifs is 1. The summed E-state index contributed by atoms with van der Waals surface area (Å²) in [5.74, 6) is 3.06. The van der Waals surface area contributed by atoms with Gasteiger partial charge in [-0.05, 0) is 68.6 Å². The lowest BCUT2D eigenvalue weighted by atomic mass is 9.68. The van der Waals surface area contributed by atoms with Crippen molar-refractivity contribution in [1.29, 1.82) is 0 Å². The molecule has 5 fully saturated rings. The highest BCUT2D eigenvalue weighted by atomic mass is 16.5. The predicted octanol–water partition coefficient (Wildman–Crippen LogP) is 1.78. The van der Waals surface area contributed by atoms with Crippen molar-refractivity contribution < 1.29 is 9.53 Å². The third-order valence-corrected chi connectivity index (χ3v) is 6.45. The molecule has 21 heavy (non-hydrogen) atoms. The Labute approximate surface area is 127 Å². The van der Waals surface area contributed by atoms with Gasteiger partial charge in [0.25, 0.3) is 0 Å². The number of hydrogen-bond acceptors (Lipinski definition) is 3. The van der Waals surface area contributed by atoms with Crippen molar-refractivity contribution in [2.45, 2.75) is 57.0 Å². The van der Waals surface area contributed by atoms with Crippen LogP contribution >= 0.6 is 0 Å². The van der Waals surface area contributed by atoms with Crippen LogP contribution in [-0.4, -0.2) is 42.6 Å². The maximum Gasteiger partial charge on any atom is 0.240 e. The molecular formula is C17H28N2O2. The minimum absolute atomic E-state index is 0.236. The highest BCUT2D eigenvalue weighted by Crippen LogP contribution is 2.47. The summed E-state index contributed by atoms with van der Waals surface area (Å²) in [6.45, 7) is 2.51. The van der Waals surface area contributed by atoms with Gasteiger partial charge in [0.05, 0.1) is 6.04 Å². The summed E-state index contributed by atoms with van der Waals surface area (Å²) in [5, 5.41) is 0. The maximum absolute atomic E-state index is 13.0. The number of nitrogens with two attached hydrogens (primary N) is 1. The molecule has 0 radical (unpaired) electrons. The molecule has 3 heterocycles. The number of nitrogens with zero attached hydrogens (tertiary/aromatic N) is 1. The molecule has 5 rings (SSSR count). The Morgan fingerprint density at radius 1 is 1.00 bits per heavy atom. The second-order valence-electron chi connectivity index (χ2n) is 7.90. The van der Waals surface area contributed by atoms with Gasteiger partial charge >= 0.3 is 0 Å². The molecule has 4 nitrogen and oxygen atoms in total. The average Bonchev–Trinajstić information content (AvgIpc) is 2.70. The van der Waals surface area contributed by atoms with Crippen molar-refractivity contribution in [2.24, 2.45) is 29.4 Å². The van der Waals surface area contributed by atoms with Crippen LogP contribution in [0.25, 0.3) is 0 Å². The van der Waals surface area contributed by atoms with Gasteiger partial charge < -0.3 is 15.4 Å². The Morgan fingerprint density at radius 2 is 1.62 bits per heavy atom. The van der Waals surface area contributed by atoms with Gasteiger partial charge in [0.15, 0.2) is 0 Å². The van der Waals surface area contributed by atoms with E-state index in [1.165, 1.54) is 32.1 Å². The minimum Gasteiger partial charge on any atom is -0.381 e. The van der Waals surface area contributed by atoms with Crippen molar-refractivity contribution in [1.82, 2.24) is 4.90 Å². The van der Waals surface area contributed by atoms with E-state index in [4.69, 9.17) is 10.5 Å². The van der Waals surface area contributed by atoms with Crippen LogP contribution in [-0.2, 0) is 9.53 Å². The molecule has 4 bridgehead atoms. The van der Waals surface area contributed by atoms with E-state index >= 15 is 0 Å². The quantitative estimate of drug-likeness (QED) is 0.844. The number of carbonyl (C=O) groups is 1. The standard InChI is InChI=1S/C17H28N2O2/c18-16(14-1-3-21-4-2-14)17(20)19-10-13-6-11-5-12(7-13)9-15(19)8-11/h11-16H,1-10,18H2. The zero-order valence-corrected chi connectivity index (χ0v) is 12.9. The Kier molecular flexibility index (Phi) is 3.70. The van der Waals surface area contributed by atoms with Gasteiger partial charge in [-0.1, -0.05) is 0 Å². The van der Waals surface area contributed by atoms with E-state index in [-0.39, 0.29) is 11.9 Å². The zero-order chi connectivity index (χ0) is 14.4. The summed E-state index contributed by atoms with van der Waals surface area (Å²) in [4.78, 5) is 15.2. The van der Waals surface area contributed by atoms with Crippen LogP contribution in [0.5, 0.6) is 0 Å². The predicted molar refractivity (Wildman–Crippen MR) is 80.6 cm³/mol. The zero-order valence-electron chi connectivity index (χ0n) is 12.9. The molecule has 2 saturated carbocycles. The molecule has 1 amide bonds. The van der Waals surface area contributed by atoms with E-state index in [0.29, 0.717) is 12.0 Å². The van der Waals surface area contributed by atoms with E-state index in [0.717, 1.165) is 50.4 Å². The molecular weight excluding hydrogens is 264 g/mol. The van der Waals surface area contributed by atoms with Crippen LogP contribution in [0.15, 0.2) is 0 Å². The van der Waals surface area contributed by atoms with Gasteiger partial charge in [-0.15, -0.1) is 0 Å². The largest absolute Gasteiger partial charge is 0.381 e. The molecule has 0 aromatic heterocycles. The van der Waals surface area contributed by atoms with Gasteiger partial charge in [0.2, 0.25) is 5.91 Å². The first-order chi connectivity index (χ1) is 10.2. The third kappa shape index (κ3) is 2.61. The molecule has 2 aliphatic carbocycles. The fourth-order valence-electron chi connectivity index (χ4n) is 5.52. The van der Waals surface area contributed by atoms with Gasteiger partial charge in [-0.2, -0.15) is 0 Å². The first-order valence-electron chi connectivity index (χ1n) is 8.84. The normalized spacial score (nSPS) is 41.1. The van der Waals surface area contributed by atoms with Crippen LogP contribution in [0, 0.1) is 23.7 Å². The van der Waals surface area contributed by atoms with Crippen molar-refractivity contribution in [2.75, 3.05) is 19.8 Å². The van der Waals surface area contributed by atoms with Crippen LogP contribution in [0.4, 0.5) is 0 Å². The van der Waals surface area contributed by atoms with Gasteiger partial charge in [0, 0.05) is 25.8 Å². The number of rotatable bonds is 2. The molecule has 0 aromatic carbocycles. The molecule has 5 aliphatic rings. The summed E-state index contributed by atoms with van der Waals surface area (Å²) in [6.07, 6.45) is 8.48. The van der Waals surface area contributed by atoms with Crippen LogP contribution < -0.4 is 5.73 Å². The minimum atomic E-state index is -0.301. The van der Waals surface area contributed by atoms with Crippen molar-refractivity contribution >= 4 is 5.91 Å². The summed E-state index contributed by atoms with van der Waals surface area (Å²) in [5.41, 5.74) is 6.36. The van der Waals surface area contributed by atoms with Crippen LogP contribution in [0.3, 0.4) is 0 Å². The van der Waals surface area contributed by atoms with E-state index in [1.807, 2.05) is 0 Å². The first kappa shape index (κ1) is 14.0. The SMILES string of the molecule is NC(C(=O)N1CC2CC3CC(C2)CC1C3)C1CCOCC1. The second-order valence-corrected chi connectivity index (χ2v) is 7.90. The molecule has 2 N–H and O–H groups in total. The lowest BCUT2D eigenvalue weighted by Crippen LogP contribution is -2.53. The summed E-state index contributed by atoms with van der Waals surface area (Å²) in [7, 11) is 0. The highest BCUT2D eigenvalue weighted by molar-refractivity contribution is 5.82. The molecule has 0 aromatic rings. The number of hydrogen-bond donors (Lipinski definition) is 1. The number of ether oxygens (including phenoxy) is 1. The lowest BCUT2D eigenvalue weighted by Gasteiger charge is -2.40. The molecule has 4 heteroatoms. The highest BCUT2D eigenvalue weighted by Gasteiger charge is 2.45. The number of amides is 1. The molecule has 0 spiro atoms. The summed E-state index contributed by atoms with van der Waals surface area (Å²) in [6, 6.07) is 0.184. The Balaban J connectivity index is 1.48. The Hall–Kier alpha value is -0.610. The van der Waals surface area contributed by atoms with E-state index in [9.17, 15) is 4.79 Å². The van der Waals surface area contributed by atoms with Crippen molar-refractivity contribution in [3.63, 3.8) is 0 Å². The lowest BCUT2D eigenvalue weighted by molar-refractivity contribution is -0.137. The third-order valence-electron chi connectivity index (χ3n) is 6.45.